The van der Waals surface area contributed by atoms with Crippen molar-refractivity contribution in [2.75, 3.05) is 19.0 Å². The zero-order valence-electron chi connectivity index (χ0n) is 12.1. The average molecular weight is 393 g/mol. The summed E-state index contributed by atoms with van der Waals surface area (Å²) in [6.07, 6.45) is 0. The summed E-state index contributed by atoms with van der Waals surface area (Å²) in [5, 5.41) is 12.1. The summed E-state index contributed by atoms with van der Waals surface area (Å²) >= 11 is 14.9. The number of nitrogens with zero attached hydrogens (tertiary/aromatic N) is 2. The summed E-state index contributed by atoms with van der Waals surface area (Å²) in [6, 6.07) is 4.61. The highest BCUT2D eigenvalue weighted by atomic mass is 35.5. The van der Waals surface area contributed by atoms with E-state index in [2.05, 4.69) is 15.5 Å². The average Bonchev–Trinajstić information content (AvgIpc) is 2.94. The summed E-state index contributed by atoms with van der Waals surface area (Å²) in [4.78, 5) is 11.8. The maximum Gasteiger partial charge on any atom is 0.245 e. The molecule has 3 N–H and O–H groups in total. The normalized spacial score (nSPS) is 12.2. The zero-order chi connectivity index (χ0) is 16.8. The minimum atomic E-state index is -0.748. The monoisotopic (exact) mass is 392 g/mol. The summed E-state index contributed by atoms with van der Waals surface area (Å²) in [5.41, 5.74) is 6.47. The minimum Gasteiger partial charge on any atom is -0.383 e. The number of hydrogen-bond donors (Lipinski definition) is 2. The first-order valence-electron chi connectivity index (χ1n) is 6.46. The van der Waals surface area contributed by atoms with Crippen LogP contribution in [-0.4, -0.2) is 35.9 Å². The highest BCUT2D eigenvalue weighted by Crippen LogP contribution is 2.33. The topological polar surface area (TPSA) is 90.1 Å². The summed E-state index contributed by atoms with van der Waals surface area (Å²) in [6.45, 7) is 0.136. The molecule has 6 nitrogen and oxygen atoms in total. The van der Waals surface area contributed by atoms with Crippen LogP contribution in [0, 0.1) is 0 Å². The number of nitrogens with two attached hydrogens (primary N) is 1. The Morgan fingerprint density at radius 1 is 1.43 bits per heavy atom. The van der Waals surface area contributed by atoms with Crippen LogP contribution in [0.5, 0.6) is 0 Å². The predicted octanol–water partition coefficient (Wildman–Crippen LogP) is 3.05. The molecule has 1 unspecified atom stereocenters. The van der Waals surface area contributed by atoms with Crippen LogP contribution < -0.4 is 11.1 Å². The van der Waals surface area contributed by atoms with E-state index < -0.39 is 6.04 Å². The molecule has 1 atom stereocenters. The van der Waals surface area contributed by atoms with E-state index in [1.165, 1.54) is 30.2 Å². The smallest absolute Gasteiger partial charge is 0.245 e. The van der Waals surface area contributed by atoms with Gasteiger partial charge in [-0.25, -0.2) is 0 Å². The molecule has 1 amide bonds. The van der Waals surface area contributed by atoms with Crippen molar-refractivity contribution < 1.29 is 9.53 Å². The van der Waals surface area contributed by atoms with Gasteiger partial charge in [-0.15, -0.1) is 10.2 Å². The van der Waals surface area contributed by atoms with Gasteiger partial charge in [0.2, 0.25) is 11.0 Å². The summed E-state index contributed by atoms with van der Waals surface area (Å²) in [7, 11) is 1.48. The summed E-state index contributed by atoms with van der Waals surface area (Å²) in [5.74, 6) is 0.193. The molecule has 0 bridgehead atoms. The van der Waals surface area contributed by atoms with Crippen LogP contribution in [0.25, 0.3) is 0 Å². The molecule has 0 saturated carbocycles. The van der Waals surface area contributed by atoms with Gasteiger partial charge in [0.25, 0.3) is 0 Å². The van der Waals surface area contributed by atoms with Crippen LogP contribution in [-0.2, 0) is 15.3 Å². The number of thioether (sulfide) groups is 1. The van der Waals surface area contributed by atoms with Crippen molar-refractivity contribution in [1.82, 2.24) is 10.2 Å². The van der Waals surface area contributed by atoms with Crippen molar-refractivity contribution in [1.29, 1.82) is 0 Å². The summed E-state index contributed by atoms with van der Waals surface area (Å²) < 4.78 is 5.52. The van der Waals surface area contributed by atoms with Gasteiger partial charge in [0.15, 0.2) is 4.34 Å². The Morgan fingerprint density at radius 2 is 2.13 bits per heavy atom. The van der Waals surface area contributed by atoms with E-state index in [0.29, 0.717) is 25.3 Å². The second-order valence-electron chi connectivity index (χ2n) is 4.41. The van der Waals surface area contributed by atoms with Crippen LogP contribution in [0.15, 0.2) is 22.5 Å². The number of rotatable bonds is 7. The number of nitrogens with one attached hydrogen (secondary N) is 1. The maximum atomic E-state index is 11.8. The first-order chi connectivity index (χ1) is 11.0. The number of anilines is 1. The number of hydrogen-bond acceptors (Lipinski definition) is 7. The lowest BCUT2D eigenvalue weighted by molar-refractivity contribution is -0.118. The molecule has 0 spiro atoms. The van der Waals surface area contributed by atoms with E-state index in [1.54, 1.807) is 18.2 Å². The lowest BCUT2D eigenvalue weighted by Gasteiger charge is -2.08. The molecule has 0 radical (unpaired) electrons. The molecular weight excluding hydrogens is 379 g/mol. The van der Waals surface area contributed by atoms with E-state index in [-0.39, 0.29) is 12.5 Å². The fourth-order valence-corrected chi connectivity index (χ4v) is 4.07. The molecule has 10 heteroatoms. The maximum absolute atomic E-state index is 11.8. The number of methoxy groups -OCH3 is 1. The Morgan fingerprint density at radius 3 is 2.78 bits per heavy atom. The minimum absolute atomic E-state index is 0.136. The number of amides is 1. The van der Waals surface area contributed by atoms with Gasteiger partial charge in [-0.05, 0) is 17.7 Å². The molecule has 124 valence electrons. The van der Waals surface area contributed by atoms with Gasteiger partial charge < -0.3 is 10.5 Å². The number of halogens is 2. The van der Waals surface area contributed by atoms with Crippen molar-refractivity contribution in [2.24, 2.45) is 5.73 Å². The number of benzene rings is 1. The fraction of sp³-hybridized carbons (Fsp3) is 0.308. The van der Waals surface area contributed by atoms with Crippen molar-refractivity contribution >= 4 is 57.3 Å². The van der Waals surface area contributed by atoms with Gasteiger partial charge in [0.1, 0.15) is 6.04 Å². The second-order valence-corrected chi connectivity index (χ2v) is 7.43. The van der Waals surface area contributed by atoms with Crippen molar-refractivity contribution in [3.05, 3.63) is 33.8 Å². The van der Waals surface area contributed by atoms with Crippen molar-refractivity contribution in [3.8, 4) is 0 Å². The van der Waals surface area contributed by atoms with Gasteiger partial charge in [-0.2, -0.15) is 0 Å². The molecule has 0 fully saturated rings. The predicted molar refractivity (Wildman–Crippen MR) is 94.4 cm³/mol. The van der Waals surface area contributed by atoms with Crippen LogP contribution in [0.3, 0.4) is 0 Å². The zero-order valence-corrected chi connectivity index (χ0v) is 15.2. The largest absolute Gasteiger partial charge is 0.383 e. The van der Waals surface area contributed by atoms with Gasteiger partial charge >= 0.3 is 0 Å². The molecule has 0 aliphatic carbocycles. The first-order valence-corrected chi connectivity index (χ1v) is 9.01. The Balaban J connectivity index is 1.94. The van der Waals surface area contributed by atoms with Gasteiger partial charge in [-0.1, -0.05) is 52.4 Å². The number of aromatic nitrogens is 2. The SMILES string of the molecule is COCC(N)C(=O)Nc1nnc(SCc2c(Cl)cccc2Cl)s1. The first kappa shape index (κ1) is 18.4. The van der Waals surface area contributed by atoms with E-state index in [9.17, 15) is 4.79 Å². The van der Waals surface area contributed by atoms with E-state index in [4.69, 9.17) is 33.7 Å². The van der Waals surface area contributed by atoms with Crippen LogP contribution in [0.2, 0.25) is 10.0 Å². The Bertz CT molecular complexity index is 663. The number of carbonyl (C=O) groups excluding carboxylic acids is 1. The Hall–Kier alpha value is -0.900. The van der Waals surface area contributed by atoms with E-state index in [0.717, 1.165) is 5.56 Å². The third-order valence-electron chi connectivity index (χ3n) is 2.72. The van der Waals surface area contributed by atoms with Crippen molar-refractivity contribution in [3.63, 3.8) is 0 Å². The third kappa shape index (κ3) is 5.30. The van der Waals surface area contributed by atoms with Gasteiger partial charge in [0.05, 0.1) is 6.61 Å². The van der Waals surface area contributed by atoms with Gasteiger partial charge in [0, 0.05) is 22.9 Å². The lowest BCUT2D eigenvalue weighted by Crippen LogP contribution is -2.39. The van der Waals surface area contributed by atoms with Crippen LogP contribution in [0.4, 0.5) is 5.13 Å². The standard InChI is InChI=1S/C13H14Cl2N4O2S2/c1-21-5-10(16)11(20)17-12-18-19-13(23-12)22-6-7-8(14)3-2-4-9(7)15/h2-4,10H,5-6,16H2,1H3,(H,17,18,20). The number of ether oxygens (including phenoxy) is 1. The van der Waals surface area contributed by atoms with Crippen LogP contribution in [0.1, 0.15) is 5.56 Å². The quantitative estimate of drug-likeness (QED) is 0.555. The lowest BCUT2D eigenvalue weighted by atomic mass is 10.2. The number of carbonyl (C=O) groups is 1. The molecule has 0 saturated heterocycles. The van der Waals surface area contributed by atoms with E-state index in [1.807, 2.05) is 0 Å². The molecule has 1 aromatic heterocycles. The molecule has 0 aliphatic rings. The van der Waals surface area contributed by atoms with Gasteiger partial charge in [-0.3, -0.25) is 10.1 Å². The Kier molecular flexibility index (Phi) is 7.07. The van der Waals surface area contributed by atoms with Crippen LogP contribution >= 0.6 is 46.3 Å². The molecule has 2 rings (SSSR count). The molecule has 23 heavy (non-hydrogen) atoms. The highest BCUT2D eigenvalue weighted by Gasteiger charge is 2.16. The molecule has 1 heterocycles. The highest BCUT2D eigenvalue weighted by molar-refractivity contribution is 8.00. The molecule has 1 aromatic carbocycles. The molecular formula is C13H14Cl2N4O2S2. The fourth-order valence-electron chi connectivity index (χ4n) is 1.58. The van der Waals surface area contributed by atoms with E-state index >= 15 is 0 Å². The Labute approximate surface area is 151 Å². The molecule has 0 aliphatic heterocycles. The third-order valence-corrected chi connectivity index (χ3v) is 5.43. The van der Waals surface area contributed by atoms with Crippen molar-refractivity contribution in [2.45, 2.75) is 16.1 Å². The molecule has 2 aromatic rings. The second kappa shape index (κ2) is 8.81.